The van der Waals surface area contributed by atoms with Crippen LogP contribution in [0.5, 0.6) is 0 Å². The molecule has 0 saturated carbocycles. The molecule has 0 bridgehead atoms. The smallest absolute Gasteiger partial charge is 0.231 e. The number of amides is 1. The summed E-state index contributed by atoms with van der Waals surface area (Å²) in [5.41, 5.74) is 0.876. The topological polar surface area (TPSA) is 70.2 Å². The summed E-state index contributed by atoms with van der Waals surface area (Å²) in [5.74, 6) is 0.789. The van der Waals surface area contributed by atoms with E-state index in [1.165, 1.54) is 5.69 Å². The van der Waals surface area contributed by atoms with E-state index in [2.05, 4.69) is 20.4 Å². The van der Waals surface area contributed by atoms with E-state index >= 15 is 0 Å². The van der Waals surface area contributed by atoms with Crippen LogP contribution < -0.4 is 5.32 Å². The van der Waals surface area contributed by atoms with Crippen LogP contribution in [0.4, 0.5) is 0 Å². The van der Waals surface area contributed by atoms with E-state index in [9.17, 15) is 4.79 Å². The monoisotopic (exact) mass is 306 g/mol. The summed E-state index contributed by atoms with van der Waals surface area (Å²) in [6.07, 6.45) is 5.57. The number of aromatic nitrogens is 2. The summed E-state index contributed by atoms with van der Waals surface area (Å²) in [6, 6.07) is 2.04. The van der Waals surface area contributed by atoms with Gasteiger partial charge in [-0.05, 0) is 44.8 Å². The van der Waals surface area contributed by atoms with Crippen molar-refractivity contribution in [2.45, 2.75) is 31.6 Å². The van der Waals surface area contributed by atoms with Crippen molar-refractivity contribution in [2.24, 2.45) is 5.41 Å². The van der Waals surface area contributed by atoms with Crippen LogP contribution >= 0.6 is 0 Å². The molecule has 122 valence electrons. The van der Waals surface area contributed by atoms with Gasteiger partial charge in [0.05, 0.1) is 12.0 Å². The first-order valence-electron chi connectivity index (χ1n) is 8.23. The largest absolute Gasteiger partial charge is 0.384 e. The Balaban J connectivity index is 1.63. The molecule has 1 amide bonds. The molecular weight excluding hydrogens is 280 g/mol. The molecule has 0 aromatic carbocycles. The Morgan fingerprint density at radius 1 is 1.41 bits per heavy atom. The van der Waals surface area contributed by atoms with E-state index in [1.54, 1.807) is 13.3 Å². The van der Waals surface area contributed by atoms with Gasteiger partial charge >= 0.3 is 0 Å². The fourth-order valence-corrected chi connectivity index (χ4v) is 3.82. The summed E-state index contributed by atoms with van der Waals surface area (Å²) in [5, 5.41) is 10.4. The fraction of sp³-hybridized carbons (Fsp3) is 0.750. The Hall–Kier alpha value is -1.40. The van der Waals surface area contributed by atoms with E-state index in [-0.39, 0.29) is 5.41 Å². The number of hydrogen-bond donors (Lipinski definition) is 2. The minimum absolute atomic E-state index is 0.291. The Labute approximate surface area is 131 Å². The lowest BCUT2D eigenvalue weighted by molar-refractivity contribution is -0.148. The molecule has 1 aromatic rings. The maximum Gasteiger partial charge on any atom is 0.231 e. The molecule has 22 heavy (non-hydrogen) atoms. The Morgan fingerprint density at radius 3 is 2.73 bits per heavy atom. The number of carbonyl (C=O) groups is 1. The van der Waals surface area contributed by atoms with Gasteiger partial charge in [0, 0.05) is 38.0 Å². The lowest BCUT2D eigenvalue weighted by atomic mass is 9.77. The molecule has 3 heterocycles. The van der Waals surface area contributed by atoms with Gasteiger partial charge < -0.3 is 15.0 Å². The first kappa shape index (κ1) is 15.5. The predicted molar refractivity (Wildman–Crippen MR) is 83.6 cm³/mol. The lowest BCUT2D eigenvalue weighted by Crippen LogP contribution is -2.53. The number of ether oxygens (including phenoxy) is 1. The van der Waals surface area contributed by atoms with Gasteiger partial charge in [-0.1, -0.05) is 0 Å². The predicted octanol–water partition coefficient (Wildman–Crippen LogP) is 1.13. The van der Waals surface area contributed by atoms with Gasteiger partial charge in [-0.15, -0.1) is 0 Å². The molecule has 2 aliphatic rings. The third kappa shape index (κ3) is 3.03. The molecule has 0 aliphatic carbocycles. The summed E-state index contributed by atoms with van der Waals surface area (Å²) < 4.78 is 5.39. The minimum Gasteiger partial charge on any atom is -0.384 e. The third-order valence-corrected chi connectivity index (χ3v) is 5.18. The van der Waals surface area contributed by atoms with Crippen LogP contribution in [0.15, 0.2) is 12.3 Å². The number of nitrogens with zero attached hydrogens (tertiary/aromatic N) is 2. The van der Waals surface area contributed by atoms with Gasteiger partial charge in [0.2, 0.25) is 5.91 Å². The van der Waals surface area contributed by atoms with Crippen molar-refractivity contribution < 1.29 is 9.53 Å². The highest BCUT2D eigenvalue weighted by molar-refractivity contribution is 5.83. The van der Waals surface area contributed by atoms with Crippen molar-refractivity contribution in [3.8, 4) is 0 Å². The number of hydrogen-bond acceptors (Lipinski definition) is 4. The zero-order valence-electron chi connectivity index (χ0n) is 13.3. The van der Waals surface area contributed by atoms with E-state index in [0.717, 1.165) is 51.9 Å². The summed E-state index contributed by atoms with van der Waals surface area (Å²) in [7, 11) is 1.70. The molecule has 2 N–H and O–H groups in total. The second-order valence-electron chi connectivity index (χ2n) is 6.54. The molecule has 6 heteroatoms. The normalized spacial score (nSPS) is 22.7. The Morgan fingerprint density at radius 2 is 2.14 bits per heavy atom. The second kappa shape index (κ2) is 6.79. The van der Waals surface area contributed by atoms with Gasteiger partial charge in [0.15, 0.2) is 0 Å². The highest BCUT2D eigenvalue weighted by atomic mass is 16.5. The molecule has 2 aliphatic heterocycles. The number of carbonyl (C=O) groups excluding carboxylic acids is 1. The van der Waals surface area contributed by atoms with Crippen molar-refractivity contribution in [1.82, 2.24) is 20.4 Å². The van der Waals surface area contributed by atoms with Crippen molar-refractivity contribution in [2.75, 3.05) is 39.9 Å². The SMILES string of the molecule is COCC1(C(=O)N2CCC(c3ccn[nH]3)CC2)CCNCC1. The van der Waals surface area contributed by atoms with E-state index < -0.39 is 0 Å². The molecular formula is C16H26N4O2. The van der Waals surface area contributed by atoms with Crippen LogP contribution in [0.1, 0.15) is 37.3 Å². The summed E-state index contributed by atoms with van der Waals surface area (Å²) >= 11 is 0. The zero-order chi connectivity index (χ0) is 15.4. The number of H-pyrrole nitrogens is 1. The van der Waals surface area contributed by atoms with Gasteiger partial charge in [-0.2, -0.15) is 5.10 Å². The fourth-order valence-electron chi connectivity index (χ4n) is 3.82. The van der Waals surface area contributed by atoms with Crippen LogP contribution in [0, 0.1) is 5.41 Å². The van der Waals surface area contributed by atoms with Gasteiger partial charge in [0.1, 0.15) is 0 Å². The van der Waals surface area contributed by atoms with Crippen LogP contribution in [0.25, 0.3) is 0 Å². The second-order valence-corrected chi connectivity index (χ2v) is 6.54. The zero-order valence-corrected chi connectivity index (χ0v) is 13.3. The number of piperidine rings is 2. The van der Waals surface area contributed by atoms with E-state index in [1.807, 2.05) is 6.07 Å². The maximum absolute atomic E-state index is 13.1. The minimum atomic E-state index is -0.319. The number of rotatable bonds is 4. The molecule has 0 radical (unpaired) electrons. The summed E-state index contributed by atoms with van der Waals surface area (Å²) in [4.78, 5) is 15.1. The average Bonchev–Trinajstić information content (AvgIpc) is 3.10. The molecule has 6 nitrogen and oxygen atoms in total. The van der Waals surface area contributed by atoms with Crippen molar-refractivity contribution in [3.05, 3.63) is 18.0 Å². The van der Waals surface area contributed by atoms with Gasteiger partial charge in [0.25, 0.3) is 0 Å². The molecule has 3 rings (SSSR count). The van der Waals surface area contributed by atoms with Crippen LogP contribution in [0.3, 0.4) is 0 Å². The average molecular weight is 306 g/mol. The molecule has 1 aromatic heterocycles. The maximum atomic E-state index is 13.1. The molecule has 0 unspecified atom stereocenters. The quantitative estimate of drug-likeness (QED) is 0.875. The molecule has 0 spiro atoms. The van der Waals surface area contributed by atoms with Gasteiger partial charge in [-0.3, -0.25) is 9.89 Å². The third-order valence-electron chi connectivity index (χ3n) is 5.18. The first-order chi connectivity index (χ1) is 10.7. The lowest BCUT2D eigenvalue weighted by Gasteiger charge is -2.41. The Kier molecular flexibility index (Phi) is 4.78. The Bertz CT molecular complexity index is 469. The standard InChI is InChI=1S/C16H26N4O2/c1-22-12-16(5-8-17-9-6-16)15(21)20-10-3-13(4-11-20)14-2-7-18-19-14/h2,7,13,17H,3-6,8-12H2,1H3,(H,18,19). The summed E-state index contributed by atoms with van der Waals surface area (Å²) in [6.45, 7) is 4.01. The van der Waals surface area contributed by atoms with E-state index in [4.69, 9.17) is 4.74 Å². The van der Waals surface area contributed by atoms with Crippen molar-refractivity contribution in [1.29, 1.82) is 0 Å². The van der Waals surface area contributed by atoms with Crippen LogP contribution in [0.2, 0.25) is 0 Å². The van der Waals surface area contributed by atoms with Crippen LogP contribution in [-0.2, 0) is 9.53 Å². The number of methoxy groups -OCH3 is 1. The molecule has 2 fully saturated rings. The van der Waals surface area contributed by atoms with Crippen molar-refractivity contribution >= 4 is 5.91 Å². The number of likely N-dealkylation sites (tertiary alicyclic amines) is 1. The van der Waals surface area contributed by atoms with E-state index in [0.29, 0.717) is 18.4 Å². The molecule has 2 saturated heterocycles. The number of aromatic amines is 1. The van der Waals surface area contributed by atoms with Crippen LogP contribution in [-0.4, -0.2) is 60.9 Å². The first-order valence-corrected chi connectivity index (χ1v) is 8.23. The molecule has 0 atom stereocenters. The van der Waals surface area contributed by atoms with Gasteiger partial charge in [-0.25, -0.2) is 0 Å². The van der Waals surface area contributed by atoms with Crippen molar-refractivity contribution in [3.63, 3.8) is 0 Å². The number of nitrogens with one attached hydrogen (secondary N) is 2. The highest BCUT2D eigenvalue weighted by Crippen LogP contribution is 2.34. The highest BCUT2D eigenvalue weighted by Gasteiger charge is 2.43.